The van der Waals surface area contributed by atoms with Crippen LogP contribution >= 0.6 is 15.6 Å². The number of hydrogen-bond donors (Lipinski definition) is 6. The number of anilines is 1. The Morgan fingerprint density at radius 1 is 0.886 bits per heavy atom. The molecule has 1 saturated carbocycles. The van der Waals surface area contributed by atoms with E-state index in [1.807, 2.05) is 0 Å². The van der Waals surface area contributed by atoms with Gasteiger partial charge in [-0.05, 0) is 6.42 Å². The molecule has 0 aromatic carbocycles. The number of aromatic nitrogens is 8. The van der Waals surface area contributed by atoms with Crippen molar-refractivity contribution in [2.45, 2.75) is 49.2 Å². The van der Waals surface area contributed by atoms with Gasteiger partial charge in [-0.2, -0.15) is 0 Å². The van der Waals surface area contributed by atoms with E-state index in [0.717, 1.165) is 12.7 Å². The number of hydrogen-bond acceptors (Lipinski definition) is 16. The van der Waals surface area contributed by atoms with Crippen molar-refractivity contribution in [3.8, 4) is 0 Å². The molecule has 2 aliphatic heterocycles. The van der Waals surface area contributed by atoms with Gasteiger partial charge in [0.25, 0.3) is 5.56 Å². The molecule has 4 aromatic heterocycles. The van der Waals surface area contributed by atoms with Crippen molar-refractivity contribution in [2.24, 2.45) is 5.92 Å². The summed E-state index contributed by atoms with van der Waals surface area (Å²) in [6.45, 7) is -1.35. The maximum atomic E-state index is 13.2. The standard InChI is InChI=1S/C21H25N9O12P2/c22-17-11-18(24-4-23-17)30(7-27-11)21-14(32)16-10(40-21)3-39-44(36,37)41-15-9(1-8(13(15)31)2-38-43(34,35)42-16)29-6-28-12-19(29)25-5-26-20(12)33/h4-10,13-16,21,31-32H,1-3H2,(H,34,35)(H,36,37)(H2,22,23,24)(H,25,26,33)/t8?,9-,10-,13+,14+,15?,16+,21-/m1/s1. The average molecular weight is 657 g/mol. The summed E-state index contributed by atoms with van der Waals surface area (Å²) < 4.78 is 56.0. The maximum Gasteiger partial charge on any atom is 0.472 e. The number of aromatic amines is 1. The van der Waals surface area contributed by atoms with E-state index in [4.69, 9.17) is 28.6 Å². The minimum Gasteiger partial charge on any atom is -0.390 e. The van der Waals surface area contributed by atoms with Crippen molar-refractivity contribution in [1.29, 1.82) is 0 Å². The Morgan fingerprint density at radius 3 is 2.36 bits per heavy atom. The van der Waals surface area contributed by atoms with Gasteiger partial charge in [-0.25, -0.2) is 34.0 Å². The highest BCUT2D eigenvalue weighted by molar-refractivity contribution is 7.47. The zero-order valence-electron chi connectivity index (χ0n) is 22.2. The van der Waals surface area contributed by atoms with Gasteiger partial charge in [0, 0.05) is 5.92 Å². The van der Waals surface area contributed by atoms with E-state index in [2.05, 4.69) is 29.9 Å². The molecule has 44 heavy (non-hydrogen) atoms. The number of aliphatic hydroxyl groups is 2. The maximum absolute atomic E-state index is 13.2. The van der Waals surface area contributed by atoms with Crippen LogP contribution in [0.25, 0.3) is 22.3 Å². The molecule has 2 saturated heterocycles. The zero-order valence-corrected chi connectivity index (χ0v) is 24.0. The lowest BCUT2D eigenvalue weighted by Crippen LogP contribution is -2.36. The molecule has 21 nitrogen and oxygen atoms in total. The summed E-state index contributed by atoms with van der Waals surface area (Å²) in [6, 6.07) is -0.936. The Bertz CT molecular complexity index is 1880. The summed E-state index contributed by atoms with van der Waals surface area (Å²) in [4.78, 5) is 56.1. The molecule has 236 valence electrons. The predicted octanol–water partition coefficient (Wildman–Crippen LogP) is -1.26. The summed E-state index contributed by atoms with van der Waals surface area (Å²) in [5, 5.41) is 22.2. The van der Waals surface area contributed by atoms with E-state index in [0.29, 0.717) is 0 Å². The van der Waals surface area contributed by atoms with Crippen LogP contribution in [0.3, 0.4) is 0 Å². The van der Waals surface area contributed by atoms with E-state index >= 15 is 0 Å². The fourth-order valence-electron chi connectivity index (χ4n) is 5.75. The fraction of sp³-hybridized carbons (Fsp3) is 0.524. The number of imidazole rings is 2. The van der Waals surface area contributed by atoms with Crippen LogP contribution in [0.15, 0.2) is 30.1 Å². The molecule has 23 heteroatoms. The summed E-state index contributed by atoms with van der Waals surface area (Å²) in [5.41, 5.74) is 5.74. The molecule has 3 fully saturated rings. The summed E-state index contributed by atoms with van der Waals surface area (Å²) in [6.07, 6.45) is -4.21. The van der Waals surface area contributed by atoms with Gasteiger partial charge in [-0.15, -0.1) is 0 Å². The second kappa shape index (κ2) is 10.7. The molecule has 7 N–H and O–H groups in total. The molecular formula is C21H25N9O12P2. The number of ether oxygens (including phenoxy) is 1. The molecule has 0 radical (unpaired) electrons. The normalized spacial score (nSPS) is 38.3. The topological polar surface area (TPSA) is 294 Å². The summed E-state index contributed by atoms with van der Waals surface area (Å²) in [7, 11) is -9.96. The molecule has 3 aliphatic rings. The van der Waals surface area contributed by atoms with Crippen molar-refractivity contribution in [3.05, 3.63) is 35.7 Å². The third-order valence-corrected chi connectivity index (χ3v) is 9.77. The van der Waals surface area contributed by atoms with Gasteiger partial charge in [-0.3, -0.25) is 27.5 Å². The van der Waals surface area contributed by atoms with Crippen molar-refractivity contribution in [2.75, 3.05) is 18.9 Å². The number of phosphoric ester groups is 2. The second-order valence-corrected chi connectivity index (χ2v) is 13.2. The van der Waals surface area contributed by atoms with Crippen LogP contribution < -0.4 is 11.3 Å². The van der Waals surface area contributed by atoms with Crippen molar-refractivity contribution in [3.63, 3.8) is 0 Å². The second-order valence-electron chi connectivity index (χ2n) is 10.4. The molecule has 4 aromatic rings. The average Bonchev–Trinajstić information content (AvgIpc) is 3.73. The quantitative estimate of drug-likeness (QED) is 0.137. The van der Waals surface area contributed by atoms with Crippen LogP contribution in [0.4, 0.5) is 5.82 Å². The lowest BCUT2D eigenvalue weighted by Gasteiger charge is -2.26. The van der Waals surface area contributed by atoms with E-state index in [-0.39, 0.29) is 34.6 Å². The van der Waals surface area contributed by atoms with Crippen molar-refractivity contribution < 1.29 is 52.0 Å². The highest BCUT2D eigenvalue weighted by atomic mass is 31.2. The summed E-state index contributed by atoms with van der Waals surface area (Å²) >= 11 is 0. The minimum absolute atomic E-state index is 0.0235. The molecule has 6 heterocycles. The van der Waals surface area contributed by atoms with Crippen molar-refractivity contribution >= 4 is 43.8 Å². The van der Waals surface area contributed by atoms with Crippen molar-refractivity contribution in [1.82, 2.24) is 39.0 Å². The number of fused-ring (bicyclic) bond motifs is 5. The number of phosphoric acid groups is 2. The Kier molecular flexibility index (Phi) is 7.18. The third-order valence-electron chi connectivity index (χ3n) is 7.80. The van der Waals surface area contributed by atoms with E-state index in [1.165, 1.54) is 21.8 Å². The van der Waals surface area contributed by atoms with Gasteiger partial charge < -0.3 is 40.0 Å². The third kappa shape index (κ3) is 5.05. The number of nitrogen functional groups attached to an aromatic ring is 1. The zero-order chi connectivity index (χ0) is 31.0. The Hall–Kier alpha value is -3.20. The number of nitrogens with two attached hydrogens (primary N) is 1. The first-order valence-electron chi connectivity index (χ1n) is 13.1. The minimum atomic E-state index is -5.00. The van der Waals surface area contributed by atoms with Crippen LogP contribution in [-0.4, -0.2) is 103 Å². The highest BCUT2D eigenvalue weighted by Gasteiger charge is 2.53. The van der Waals surface area contributed by atoms with E-state index < -0.39 is 83.1 Å². The van der Waals surface area contributed by atoms with Gasteiger partial charge >= 0.3 is 15.6 Å². The molecule has 0 amide bonds. The predicted molar refractivity (Wildman–Crippen MR) is 142 cm³/mol. The van der Waals surface area contributed by atoms with Gasteiger partial charge in [0.2, 0.25) is 0 Å². The van der Waals surface area contributed by atoms with E-state index in [1.54, 1.807) is 0 Å². The Morgan fingerprint density at radius 2 is 1.57 bits per heavy atom. The Balaban J connectivity index is 1.20. The number of H-pyrrole nitrogens is 1. The van der Waals surface area contributed by atoms with Crippen LogP contribution in [-0.2, 0) is 32.0 Å². The fourth-order valence-corrected chi connectivity index (χ4v) is 7.73. The lowest BCUT2D eigenvalue weighted by atomic mass is 10.1. The number of aliphatic hydroxyl groups excluding tert-OH is 2. The first kappa shape index (κ1) is 29.5. The van der Waals surface area contributed by atoms with Gasteiger partial charge in [-0.1, -0.05) is 0 Å². The van der Waals surface area contributed by atoms with E-state index in [9.17, 15) is 33.9 Å². The first-order valence-corrected chi connectivity index (χ1v) is 16.1. The molecule has 7 rings (SSSR count). The summed E-state index contributed by atoms with van der Waals surface area (Å²) in [5.74, 6) is -0.888. The SMILES string of the molecule is Nc1ncnc2c1ncn2[C@@H]1O[C@@H]2COP(=O)(O)OC3[C@@H](O)C(COP(=O)(O)O[C@@H]2[C@@H]1O)C[C@H]3n1cnc2c(=O)[nH]cnc21. The number of nitrogens with one attached hydrogen (secondary N) is 1. The molecule has 2 bridgehead atoms. The highest BCUT2D eigenvalue weighted by Crippen LogP contribution is 2.55. The monoisotopic (exact) mass is 657 g/mol. The smallest absolute Gasteiger partial charge is 0.390 e. The number of rotatable bonds is 2. The molecular weight excluding hydrogens is 632 g/mol. The Labute approximate surface area is 244 Å². The molecule has 4 unspecified atom stereocenters. The molecule has 1 aliphatic carbocycles. The van der Waals surface area contributed by atoms with Crippen LogP contribution in [0.2, 0.25) is 0 Å². The van der Waals surface area contributed by atoms with Gasteiger partial charge in [0.15, 0.2) is 28.9 Å². The van der Waals surface area contributed by atoms with Crippen LogP contribution in [0.5, 0.6) is 0 Å². The number of nitrogens with zero attached hydrogens (tertiary/aromatic N) is 7. The largest absolute Gasteiger partial charge is 0.472 e. The van der Waals surface area contributed by atoms with Gasteiger partial charge in [0.1, 0.15) is 36.3 Å². The van der Waals surface area contributed by atoms with Crippen LogP contribution in [0, 0.1) is 5.92 Å². The van der Waals surface area contributed by atoms with Gasteiger partial charge in [0.05, 0.1) is 44.3 Å². The molecule has 10 atom stereocenters. The lowest BCUT2D eigenvalue weighted by molar-refractivity contribution is -0.0552. The van der Waals surface area contributed by atoms with Crippen LogP contribution in [0.1, 0.15) is 18.7 Å². The molecule has 0 spiro atoms. The first-order chi connectivity index (χ1) is 20.9.